The monoisotopic (exact) mass is 371 g/mol. The number of aliphatic hydroxyl groups is 1. The lowest BCUT2D eigenvalue weighted by Crippen LogP contribution is -2.36. The van der Waals surface area contributed by atoms with Crippen LogP contribution in [0.15, 0.2) is 42.5 Å². The molecule has 0 aliphatic carbocycles. The molecule has 0 aromatic heterocycles. The van der Waals surface area contributed by atoms with E-state index in [1.54, 1.807) is 18.2 Å². The number of hydrogen-bond acceptors (Lipinski definition) is 5. The summed E-state index contributed by atoms with van der Waals surface area (Å²) in [4.78, 5) is 12.4. The van der Waals surface area contributed by atoms with Gasteiger partial charge in [0.25, 0.3) is 5.69 Å². The van der Waals surface area contributed by atoms with E-state index in [2.05, 4.69) is 0 Å². The first kappa shape index (κ1) is 18.2. The minimum absolute atomic E-state index is 0.0849. The van der Waals surface area contributed by atoms with Gasteiger partial charge in [0, 0.05) is 30.2 Å². The van der Waals surface area contributed by atoms with Crippen LogP contribution >= 0.6 is 11.6 Å². The van der Waals surface area contributed by atoms with Crippen LogP contribution in [0.2, 0.25) is 5.02 Å². The molecule has 1 fully saturated rings. The molecule has 0 saturated carbocycles. The Morgan fingerprint density at radius 3 is 2.46 bits per heavy atom. The number of benzene rings is 2. The van der Waals surface area contributed by atoms with Crippen LogP contribution in [0.5, 0.6) is 0 Å². The molecule has 134 valence electrons. The summed E-state index contributed by atoms with van der Waals surface area (Å²) in [5, 5.41) is 31.4. The van der Waals surface area contributed by atoms with Crippen molar-refractivity contribution in [2.45, 2.75) is 18.9 Å². The summed E-state index contributed by atoms with van der Waals surface area (Å²) >= 11 is 5.89. The quantitative estimate of drug-likeness (QED) is 0.646. The van der Waals surface area contributed by atoms with E-state index >= 15 is 0 Å². The van der Waals surface area contributed by atoms with Crippen LogP contribution in [-0.4, -0.2) is 23.1 Å². The fraction of sp³-hybridized carbons (Fsp3) is 0.316. The first-order valence-corrected chi connectivity index (χ1v) is 8.74. The Hall–Kier alpha value is -2.62. The number of nitro groups is 1. The third-order valence-corrected chi connectivity index (χ3v) is 5.10. The molecule has 6 nitrogen and oxygen atoms in total. The average Bonchev–Trinajstić information content (AvgIpc) is 2.67. The zero-order chi connectivity index (χ0) is 18.7. The number of piperidine rings is 1. The second-order valence-electron chi connectivity index (χ2n) is 6.39. The lowest BCUT2D eigenvalue weighted by Gasteiger charge is -2.36. The number of rotatable bonds is 4. The van der Waals surface area contributed by atoms with E-state index in [9.17, 15) is 20.5 Å². The third kappa shape index (κ3) is 3.79. The summed E-state index contributed by atoms with van der Waals surface area (Å²) in [6, 6.07) is 13.6. The maximum Gasteiger partial charge on any atom is 0.270 e. The van der Waals surface area contributed by atoms with Crippen molar-refractivity contribution in [1.82, 2.24) is 0 Å². The van der Waals surface area contributed by atoms with Crippen molar-refractivity contribution >= 4 is 23.0 Å². The number of aliphatic hydroxyl groups excluding tert-OH is 1. The van der Waals surface area contributed by atoms with Crippen LogP contribution in [0, 0.1) is 27.4 Å². The van der Waals surface area contributed by atoms with Crippen molar-refractivity contribution in [2.24, 2.45) is 5.92 Å². The number of halogens is 1. The van der Waals surface area contributed by atoms with Gasteiger partial charge >= 0.3 is 0 Å². The second kappa shape index (κ2) is 7.73. The van der Waals surface area contributed by atoms with Gasteiger partial charge in [-0.3, -0.25) is 10.1 Å². The topological polar surface area (TPSA) is 90.4 Å². The van der Waals surface area contributed by atoms with Gasteiger partial charge in [0.15, 0.2) is 0 Å². The fourth-order valence-electron chi connectivity index (χ4n) is 3.39. The number of anilines is 1. The molecule has 1 saturated heterocycles. The number of non-ortho nitro benzene ring substituents is 1. The van der Waals surface area contributed by atoms with Gasteiger partial charge in [0.1, 0.15) is 6.07 Å². The highest BCUT2D eigenvalue weighted by molar-refractivity contribution is 6.30. The Labute approximate surface area is 156 Å². The number of hydrogen-bond donors (Lipinski definition) is 1. The molecule has 0 spiro atoms. The Balaban J connectivity index is 1.69. The summed E-state index contributed by atoms with van der Waals surface area (Å²) < 4.78 is 0. The molecule has 0 radical (unpaired) electrons. The Morgan fingerprint density at radius 1 is 1.23 bits per heavy atom. The van der Waals surface area contributed by atoms with Crippen molar-refractivity contribution in [3.8, 4) is 6.07 Å². The molecule has 1 aliphatic rings. The zero-order valence-electron chi connectivity index (χ0n) is 14.0. The minimum Gasteiger partial charge on any atom is -0.388 e. The molecule has 3 rings (SSSR count). The van der Waals surface area contributed by atoms with Crippen molar-refractivity contribution in [3.05, 3.63) is 68.7 Å². The average molecular weight is 372 g/mol. The van der Waals surface area contributed by atoms with Gasteiger partial charge in [-0.05, 0) is 42.5 Å². The second-order valence-corrected chi connectivity index (χ2v) is 6.83. The van der Waals surface area contributed by atoms with Gasteiger partial charge in [-0.15, -0.1) is 0 Å². The number of nitriles is 1. The molecule has 0 amide bonds. The highest BCUT2D eigenvalue weighted by atomic mass is 35.5. The molecule has 26 heavy (non-hydrogen) atoms. The van der Waals surface area contributed by atoms with Crippen LogP contribution in [-0.2, 0) is 0 Å². The van der Waals surface area contributed by atoms with Crippen molar-refractivity contribution in [3.63, 3.8) is 0 Å². The summed E-state index contributed by atoms with van der Waals surface area (Å²) in [7, 11) is 0. The highest BCUT2D eigenvalue weighted by Crippen LogP contribution is 2.34. The maximum absolute atomic E-state index is 10.9. The molecular weight excluding hydrogens is 354 g/mol. The van der Waals surface area contributed by atoms with Crippen LogP contribution < -0.4 is 4.90 Å². The summed E-state index contributed by atoms with van der Waals surface area (Å²) in [6.07, 6.45) is 0.985. The van der Waals surface area contributed by atoms with Gasteiger partial charge in [-0.1, -0.05) is 23.7 Å². The van der Waals surface area contributed by atoms with Gasteiger partial charge in [-0.25, -0.2) is 0 Å². The summed E-state index contributed by atoms with van der Waals surface area (Å²) in [5.74, 6) is 0.121. The maximum atomic E-state index is 10.9. The predicted octanol–water partition coefficient (Wildman–Crippen LogP) is 4.07. The number of nitrogens with zero attached hydrogens (tertiary/aromatic N) is 3. The van der Waals surface area contributed by atoms with Crippen LogP contribution in [0.25, 0.3) is 0 Å². The Kier molecular flexibility index (Phi) is 5.40. The molecule has 2 aromatic rings. The van der Waals surface area contributed by atoms with Crippen LogP contribution in [0.1, 0.15) is 30.1 Å². The SMILES string of the molecule is N#Cc1cc([N+](=O)[O-])ccc1N1CCC(C(O)c2ccc(Cl)cc2)CC1. The lowest BCUT2D eigenvalue weighted by molar-refractivity contribution is -0.384. The standard InChI is InChI=1S/C19H18ClN3O3/c20-16-3-1-13(2-4-16)19(24)14-7-9-22(10-8-14)18-6-5-17(23(25)26)11-15(18)12-21/h1-6,11,14,19,24H,7-10H2. The van der Waals surface area contributed by atoms with Gasteiger partial charge in [-0.2, -0.15) is 5.26 Å². The van der Waals surface area contributed by atoms with E-state index in [4.69, 9.17) is 11.6 Å². The van der Waals surface area contributed by atoms with Crippen molar-refractivity contribution < 1.29 is 10.0 Å². The Morgan fingerprint density at radius 2 is 1.88 bits per heavy atom. The molecule has 1 N–H and O–H groups in total. The van der Waals surface area contributed by atoms with Gasteiger partial charge in [0.05, 0.1) is 22.3 Å². The highest BCUT2D eigenvalue weighted by Gasteiger charge is 2.27. The van der Waals surface area contributed by atoms with Gasteiger partial charge in [0.2, 0.25) is 0 Å². The first-order valence-electron chi connectivity index (χ1n) is 8.36. The zero-order valence-corrected chi connectivity index (χ0v) is 14.8. The first-order chi connectivity index (χ1) is 12.5. The molecule has 1 unspecified atom stereocenters. The van der Waals surface area contributed by atoms with Crippen molar-refractivity contribution in [2.75, 3.05) is 18.0 Å². The Bertz CT molecular complexity index is 840. The molecule has 2 aromatic carbocycles. The van der Waals surface area contributed by atoms with Crippen molar-refractivity contribution in [1.29, 1.82) is 5.26 Å². The third-order valence-electron chi connectivity index (χ3n) is 4.85. The normalized spacial score (nSPS) is 16.1. The molecule has 7 heteroatoms. The smallest absolute Gasteiger partial charge is 0.270 e. The van der Waals surface area contributed by atoms with E-state index in [-0.39, 0.29) is 11.6 Å². The molecule has 1 heterocycles. The van der Waals surface area contributed by atoms with E-state index in [1.807, 2.05) is 23.1 Å². The van der Waals surface area contributed by atoms with Gasteiger partial charge < -0.3 is 10.0 Å². The predicted molar refractivity (Wildman–Crippen MR) is 99.2 cm³/mol. The van der Waals surface area contributed by atoms with Crippen LogP contribution in [0.4, 0.5) is 11.4 Å². The molecule has 0 bridgehead atoms. The lowest BCUT2D eigenvalue weighted by atomic mass is 9.87. The van der Waals surface area contributed by atoms with E-state index in [0.29, 0.717) is 29.4 Å². The van der Waals surface area contributed by atoms with Crippen LogP contribution in [0.3, 0.4) is 0 Å². The fourth-order valence-corrected chi connectivity index (χ4v) is 3.52. The minimum atomic E-state index is -0.554. The van der Waals surface area contributed by atoms with E-state index < -0.39 is 11.0 Å². The number of nitro benzene ring substituents is 1. The van der Waals surface area contributed by atoms with E-state index in [1.165, 1.54) is 12.1 Å². The molecular formula is C19H18ClN3O3. The largest absolute Gasteiger partial charge is 0.388 e. The van der Waals surface area contributed by atoms with E-state index in [0.717, 1.165) is 18.4 Å². The summed E-state index contributed by atoms with van der Waals surface area (Å²) in [6.45, 7) is 1.36. The molecule has 1 aliphatic heterocycles. The molecule has 1 atom stereocenters. The summed E-state index contributed by atoms with van der Waals surface area (Å²) in [5.41, 5.74) is 1.77.